The van der Waals surface area contributed by atoms with Gasteiger partial charge in [-0.05, 0) is 55.0 Å². The van der Waals surface area contributed by atoms with E-state index in [1.165, 1.54) is 28.6 Å². The topological polar surface area (TPSA) is 82.1 Å². The molecule has 0 saturated carbocycles. The fourth-order valence-electron chi connectivity index (χ4n) is 3.48. The van der Waals surface area contributed by atoms with Crippen LogP contribution in [0.4, 0.5) is 5.69 Å². The molecule has 0 N–H and O–H groups in total. The molecular formula is C24H22ClNO6S. The van der Waals surface area contributed by atoms with Crippen LogP contribution in [0.15, 0.2) is 71.6 Å². The van der Waals surface area contributed by atoms with Crippen LogP contribution in [-0.2, 0) is 21.4 Å². The lowest BCUT2D eigenvalue weighted by Gasteiger charge is -2.23. The van der Waals surface area contributed by atoms with Gasteiger partial charge < -0.3 is 14.2 Å². The largest absolute Gasteiger partial charge is 0.486 e. The van der Waals surface area contributed by atoms with Gasteiger partial charge in [0, 0.05) is 6.54 Å². The summed E-state index contributed by atoms with van der Waals surface area (Å²) in [7, 11) is -3.87. The van der Waals surface area contributed by atoms with Crippen molar-refractivity contribution in [2.45, 2.75) is 18.4 Å². The van der Waals surface area contributed by atoms with Gasteiger partial charge in [0.25, 0.3) is 10.0 Å². The van der Waals surface area contributed by atoms with E-state index in [4.69, 9.17) is 25.8 Å². The van der Waals surface area contributed by atoms with E-state index in [2.05, 4.69) is 0 Å². The van der Waals surface area contributed by atoms with Crippen LogP contribution in [0.3, 0.4) is 0 Å². The Balaban J connectivity index is 1.52. The van der Waals surface area contributed by atoms with E-state index in [9.17, 15) is 13.2 Å². The van der Waals surface area contributed by atoms with Crippen molar-refractivity contribution in [3.63, 3.8) is 0 Å². The maximum atomic E-state index is 13.2. The van der Waals surface area contributed by atoms with Crippen molar-refractivity contribution in [2.75, 3.05) is 24.1 Å². The average Bonchev–Trinajstić information content (AvgIpc) is 2.83. The van der Waals surface area contributed by atoms with Crippen LogP contribution in [0.1, 0.15) is 22.8 Å². The minimum Gasteiger partial charge on any atom is -0.486 e. The van der Waals surface area contributed by atoms with Crippen molar-refractivity contribution in [3.8, 4) is 11.5 Å². The third-order valence-corrected chi connectivity index (χ3v) is 7.20. The molecule has 0 radical (unpaired) electrons. The summed E-state index contributed by atoms with van der Waals surface area (Å²) >= 11 is 6.23. The first-order valence-corrected chi connectivity index (χ1v) is 12.1. The predicted octanol–water partition coefficient (Wildman–Crippen LogP) is 4.68. The number of carbonyl (C=O) groups excluding carboxylic acids is 1. The van der Waals surface area contributed by atoms with Gasteiger partial charge in [0.05, 0.1) is 21.2 Å². The number of esters is 1. The highest BCUT2D eigenvalue weighted by Gasteiger charge is 2.25. The van der Waals surface area contributed by atoms with E-state index in [-0.39, 0.29) is 23.6 Å². The summed E-state index contributed by atoms with van der Waals surface area (Å²) in [5, 5.41) is 0.368. The molecule has 0 aliphatic carbocycles. The first-order valence-electron chi connectivity index (χ1n) is 10.3. The van der Waals surface area contributed by atoms with Crippen LogP contribution in [0.5, 0.6) is 11.5 Å². The number of anilines is 1. The van der Waals surface area contributed by atoms with Crippen molar-refractivity contribution in [1.82, 2.24) is 0 Å². The summed E-state index contributed by atoms with van der Waals surface area (Å²) in [6.45, 7) is 2.76. The Kier molecular flexibility index (Phi) is 6.76. The van der Waals surface area contributed by atoms with Gasteiger partial charge in [-0.2, -0.15) is 0 Å². The predicted molar refractivity (Wildman–Crippen MR) is 125 cm³/mol. The van der Waals surface area contributed by atoms with Crippen LogP contribution in [0, 0.1) is 0 Å². The van der Waals surface area contributed by atoms with Gasteiger partial charge in [0.15, 0.2) is 11.5 Å². The lowest BCUT2D eigenvalue weighted by atomic mass is 10.2. The molecule has 3 aromatic carbocycles. The average molecular weight is 488 g/mol. The molecule has 0 aromatic heterocycles. The Morgan fingerprint density at radius 3 is 2.55 bits per heavy atom. The zero-order valence-electron chi connectivity index (χ0n) is 17.9. The molecule has 4 rings (SSSR count). The van der Waals surface area contributed by atoms with Crippen molar-refractivity contribution in [1.29, 1.82) is 0 Å². The van der Waals surface area contributed by atoms with Crippen molar-refractivity contribution >= 4 is 33.3 Å². The normalized spacial score (nSPS) is 12.8. The number of fused-ring (bicyclic) bond motifs is 1. The van der Waals surface area contributed by atoms with Gasteiger partial charge in [-0.15, -0.1) is 0 Å². The Bertz CT molecular complexity index is 1260. The second-order valence-electron chi connectivity index (χ2n) is 7.21. The highest BCUT2D eigenvalue weighted by molar-refractivity contribution is 7.92. The van der Waals surface area contributed by atoms with E-state index >= 15 is 0 Å². The number of rotatable bonds is 7. The zero-order valence-corrected chi connectivity index (χ0v) is 19.4. The molecule has 1 aliphatic heterocycles. The lowest BCUT2D eigenvalue weighted by Crippen LogP contribution is -2.30. The molecule has 0 amide bonds. The summed E-state index contributed by atoms with van der Waals surface area (Å²) < 4.78 is 44.2. The molecule has 7 nitrogen and oxygen atoms in total. The molecule has 0 saturated heterocycles. The third kappa shape index (κ3) is 4.91. The molecule has 0 bridgehead atoms. The SMILES string of the molecule is CCN(c1ccccc1)S(=O)(=O)c1cccc(C(=O)OCc2cc(Cl)c3c(c2)OCCO3)c1. The fourth-order valence-corrected chi connectivity index (χ4v) is 5.28. The number of hydrogen-bond donors (Lipinski definition) is 0. The summed E-state index contributed by atoms with van der Waals surface area (Å²) in [6.07, 6.45) is 0. The van der Waals surface area contributed by atoms with Crippen LogP contribution in [-0.4, -0.2) is 34.1 Å². The molecule has 9 heteroatoms. The number of benzene rings is 3. The number of sulfonamides is 1. The molecule has 0 unspecified atom stereocenters. The standard InChI is InChI=1S/C24H22ClNO6S/c1-2-26(19-8-4-3-5-9-19)33(28,29)20-10-6-7-18(15-20)24(27)32-16-17-13-21(25)23-22(14-17)30-11-12-31-23/h3-10,13-15H,2,11-12,16H2,1H3. The van der Waals surface area contributed by atoms with E-state index in [1.807, 2.05) is 6.07 Å². The molecular weight excluding hydrogens is 466 g/mol. The lowest BCUT2D eigenvalue weighted by molar-refractivity contribution is 0.0471. The quantitative estimate of drug-likeness (QED) is 0.450. The van der Waals surface area contributed by atoms with Crippen molar-refractivity contribution < 1.29 is 27.4 Å². The smallest absolute Gasteiger partial charge is 0.338 e. The van der Waals surface area contributed by atoms with Gasteiger partial charge in [0.1, 0.15) is 19.8 Å². The number of nitrogens with zero attached hydrogens (tertiary/aromatic N) is 1. The van der Waals surface area contributed by atoms with Crippen molar-refractivity contribution in [3.05, 3.63) is 82.9 Å². The van der Waals surface area contributed by atoms with Gasteiger partial charge in [-0.1, -0.05) is 35.9 Å². The third-order valence-electron chi connectivity index (χ3n) is 5.02. The number of ether oxygens (including phenoxy) is 3. The van der Waals surface area contributed by atoms with Gasteiger partial charge >= 0.3 is 5.97 Å². The Labute approximate surface area is 197 Å². The number of halogens is 1. The minimum atomic E-state index is -3.87. The highest BCUT2D eigenvalue weighted by Crippen LogP contribution is 2.38. The molecule has 1 aliphatic rings. The van der Waals surface area contributed by atoms with E-state index in [0.29, 0.717) is 41.0 Å². The molecule has 33 heavy (non-hydrogen) atoms. The number of para-hydroxylation sites is 1. The Morgan fingerprint density at radius 1 is 1.03 bits per heavy atom. The highest BCUT2D eigenvalue weighted by atomic mass is 35.5. The first kappa shape index (κ1) is 22.9. The maximum Gasteiger partial charge on any atom is 0.338 e. The second kappa shape index (κ2) is 9.72. The van der Waals surface area contributed by atoms with Crippen molar-refractivity contribution in [2.24, 2.45) is 0 Å². The van der Waals surface area contributed by atoms with E-state index in [1.54, 1.807) is 43.3 Å². The number of carbonyl (C=O) groups is 1. The van der Waals surface area contributed by atoms with Crippen LogP contribution >= 0.6 is 11.6 Å². The first-order chi connectivity index (χ1) is 15.9. The van der Waals surface area contributed by atoms with Crippen LogP contribution in [0.25, 0.3) is 0 Å². The van der Waals surface area contributed by atoms with Crippen LogP contribution in [0.2, 0.25) is 5.02 Å². The van der Waals surface area contributed by atoms with Gasteiger partial charge in [0.2, 0.25) is 0 Å². The maximum absolute atomic E-state index is 13.2. The second-order valence-corrected chi connectivity index (χ2v) is 9.48. The summed E-state index contributed by atoms with van der Waals surface area (Å²) in [4.78, 5) is 12.7. The zero-order chi connectivity index (χ0) is 23.4. The van der Waals surface area contributed by atoms with Gasteiger partial charge in [-0.25, -0.2) is 13.2 Å². The molecule has 0 atom stereocenters. The van der Waals surface area contributed by atoms with Gasteiger partial charge in [-0.3, -0.25) is 4.31 Å². The van der Waals surface area contributed by atoms with E-state index < -0.39 is 16.0 Å². The Morgan fingerprint density at radius 2 is 1.79 bits per heavy atom. The monoisotopic (exact) mass is 487 g/mol. The summed E-state index contributed by atoms with van der Waals surface area (Å²) in [5.74, 6) is 0.309. The summed E-state index contributed by atoms with van der Waals surface area (Å²) in [5.41, 5.74) is 1.30. The fraction of sp³-hybridized carbons (Fsp3) is 0.208. The minimum absolute atomic E-state index is 0.00465. The van der Waals surface area contributed by atoms with E-state index in [0.717, 1.165) is 0 Å². The molecule has 0 spiro atoms. The Hall–Kier alpha value is -3.23. The number of hydrogen-bond acceptors (Lipinski definition) is 6. The molecule has 172 valence electrons. The summed E-state index contributed by atoms with van der Waals surface area (Å²) in [6, 6.07) is 17.9. The molecule has 1 heterocycles. The van der Waals surface area contributed by atoms with Crippen LogP contribution < -0.4 is 13.8 Å². The molecule has 3 aromatic rings. The molecule has 0 fully saturated rings.